The van der Waals surface area contributed by atoms with Crippen molar-refractivity contribution >= 4 is 40.3 Å². The maximum atomic E-state index is 13.6. The van der Waals surface area contributed by atoms with E-state index in [4.69, 9.17) is 12.2 Å². The van der Waals surface area contributed by atoms with Gasteiger partial charge in [0.15, 0.2) is 0 Å². The van der Waals surface area contributed by atoms with Gasteiger partial charge in [-0.2, -0.15) is 0 Å². The standard InChI is InChI=1S/C19H15F2NO2S2/c1-19(20,21)13-5-3-4-12(10-13)14-8-11(6-7-15(14)23)9-16-17(24)22(2)18(25)26-16/h3-10,23H,1-2H3/b16-9-. The van der Waals surface area contributed by atoms with Crippen LogP contribution in [-0.4, -0.2) is 27.3 Å². The second-order valence-electron chi connectivity index (χ2n) is 5.99. The lowest BCUT2D eigenvalue weighted by Crippen LogP contribution is -2.22. The van der Waals surface area contributed by atoms with Crippen molar-refractivity contribution in [3.8, 4) is 16.9 Å². The number of phenols is 1. The average molecular weight is 391 g/mol. The van der Waals surface area contributed by atoms with E-state index >= 15 is 0 Å². The molecule has 7 heteroatoms. The molecule has 2 aromatic carbocycles. The molecule has 0 radical (unpaired) electrons. The summed E-state index contributed by atoms with van der Waals surface area (Å²) in [6, 6.07) is 10.7. The summed E-state index contributed by atoms with van der Waals surface area (Å²) in [4.78, 5) is 14.0. The summed E-state index contributed by atoms with van der Waals surface area (Å²) in [7, 11) is 1.61. The number of alkyl halides is 2. The number of hydrogen-bond acceptors (Lipinski definition) is 4. The Labute approximate surface area is 159 Å². The molecule has 26 heavy (non-hydrogen) atoms. The van der Waals surface area contributed by atoms with Crippen molar-refractivity contribution in [1.82, 2.24) is 4.90 Å². The zero-order valence-electron chi connectivity index (χ0n) is 14.0. The molecule has 1 amide bonds. The van der Waals surface area contributed by atoms with Crippen LogP contribution in [0.2, 0.25) is 0 Å². The maximum Gasteiger partial charge on any atom is 0.270 e. The Bertz CT molecular complexity index is 935. The Morgan fingerprint density at radius 3 is 2.58 bits per heavy atom. The van der Waals surface area contributed by atoms with Crippen molar-refractivity contribution in [3.05, 3.63) is 58.5 Å². The largest absolute Gasteiger partial charge is 0.507 e. The van der Waals surface area contributed by atoms with E-state index in [2.05, 4.69) is 0 Å². The predicted octanol–water partition coefficient (Wildman–Crippen LogP) is 5.00. The summed E-state index contributed by atoms with van der Waals surface area (Å²) in [5.74, 6) is -3.19. The minimum atomic E-state index is -2.97. The van der Waals surface area contributed by atoms with E-state index < -0.39 is 5.92 Å². The summed E-state index contributed by atoms with van der Waals surface area (Å²) in [5, 5.41) is 10.2. The van der Waals surface area contributed by atoms with Gasteiger partial charge in [0.05, 0.1) is 4.91 Å². The fourth-order valence-corrected chi connectivity index (χ4v) is 3.71. The first-order chi connectivity index (χ1) is 12.2. The second-order valence-corrected chi connectivity index (χ2v) is 7.66. The number of phenolic OH excluding ortho intramolecular Hbond substituents is 1. The molecule has 0 unspecified atom stereocenters. The second kappa shape index (κ2) is 6.81. The van der Waals surface area contributed by atoms with Gasteiger partial charge in [0, 0.05) is 25.1 Å². The van der Waals surface area contributed by atoms with Gasteiger partial charge in [0.1, 0.15) is 10.1 Å². The molecule has 0 saturated carbocycles. The van der Waals surface area contributed by atoms with Crippen molar-refractivity contribution < 1.29 is 18.7 Å². The molecular weight excluding hydrogens is 376 g/mol. The molecule has 1 aliphatic heterocycles. The molecule has 1 aliphatic rings. The van der Waals surface area contributed by atoms with Crippen molar-refractivity contribution in [3.63, 3.8) is 0 Å². The molecule has 3 rings (SSSR count). The first-order valence-corrected chi connectivity index (χ1v) is 8.92. The fraction of sp³-hybridized carbons (Fsp3) is 0.158. The van der Waals surface area contributed by atoms with Gasteiger partial charge < -0.3 is 5.11 Å². The van der Waals surface area contributed by atoms with E-state index in [1.165, 1.54) is 40.9 Å². The number of aromatic hydroxyl groups is 1. The van der Waals surface area contributed by atoms with Crippen LogP contribution in [0.1, 0.15) is 18.1 Å². The first-order valence-electron chi connectivity index (χ1n) is 7.70. The van der Waals surface area contributed by atoms with Crippen LogP contribution < -0.4 is 0 Å². The molecule has 0 atom stereocenters. The van der Waals surface area contributed by atoms with Gasteiger partial charge in [-0.15, -0.1) is 0 Å². The molecule has 2 aromatic rings. The SMILES string of the molecule is CN1C(=O)/C(=C/c2ccc(O)c(-c3cccc(C(C)(F)F)c3)c2)SC1=S. The van der Waals surface area contributed by atoms with E-state index in [0.717, 1.165) is 6.92 Å². The van der Waals surface area contributed by atoms with Gasteiger partial charge in [-0.1, -0.05) is 48.2 Å². The van der Waals surface area contributed by atoms with Crippen molar-refractivity contribution in [2.75, 3.05) is 7.05 Å². The molecule has 1 fully saturated rings. The lowest BCUT2D eigenvalue weighted by molar-refractivity contribution is -0.121. The van der Waals surface area contributed by atoms with Crippen LogP contribution in [0.3, 0.4) is 0 Å². The summed E-state index contributed by atoms with van der Waals surface area (Å²) in [6.45, 7) is 0.829. The van der Waals surface area contributed by atoms with Crippen LogP contribution in [0.5, 0.6) is 5.75 Å². The number of likely N-dealkylation sites (N-methyl/N-ethyl adjacent to an activating group) is 1. The molecule has 1 heterocycles. The Morgan fingerprint density at radius 2 is 1.96 bits per heavy atom. The van der Waals surface area contributed by atoms with Crippen LogP contribution >= 0.6 is 24.0 Å². The highest BCUT2D eigenvalue weighted by atomic mass is 32.2. The van der Waals surface area contributed by atoms with E-state index in [9.17, 15) is 18.7 Å². The highest BCUT2D eigenvalue weighted by molar-refractivity contribution is 8.26. The lowest BCUT2D eigenvalue weighted by Gasteiger charge is -2.13. The first kappa shape index (κ1) is 18.5. The number of rotatable bonds is 3. The third-order valence-corrected chi connectivity index (χ3v) is 5.47. The molecule has 1 saturated heterocycles. The Morgan fingerprint density at radius 1 is 1.23 bits per heavy atom. The highest BCUT2D eigenvalue weighted by Crippen LogP contribution is 2.36. The summed E-state index contributed by atoms with van der Waals surface area (Å²) < 4.78 is 27.6. The van der Waals surface area contributed by atoms with Crippen LogP contribution in [-0.2, 0) is 10.7 Å². The summed E-state index contributed by atoms with van der Waals surface area (Å²) in [6.07, 6.45) is 1.67. The summed E-state index contributed by atoms with van der Waals surface area (Å²) >= 11 is 6.30. The summed E-state index contributed by atoms with van der Waals surface area (Å²) in [5.41, 5.74) is 1.42. The number of halogens is 2. The predicted molar refractivity (Wildman–Crippen MR) is 104 cm³/mol. The third kappa shape index (κ3) is 3.64. The zero-order valence-corrected chi connectivity index (χ0v) is 15.6. The molecule has 3 nitrogen and oxygen atoms in total. The molecule has 0 spiro atoms. The van der Waals surface area contributed by atoms with E-state index in [1.54, 1.807) is 31.3 Å². The quantitative estimate of drug-likeness (QED) is 0.590. The highest BCUT2D eigenvalue weighted by Gasteiger charge is 2.28. The number of amides is 1. The number of benzene rings is 2. The molecule has 0 aliphatic carbocycles. The number of carbonyl (C=O) groups is 1. The van der Waals surface area contributed by atoms with Crippen molar-refractivity contribution in [2.45, 2.75) is 12.8 Å². The van der Waals surface area contributed by atoms with Gasteiger partial charge in [0.2, 0.25) is 0 Å². The number of thiocarbonyl (C=S) groups is 1. The minimum Gasteiger partial charge on any atom is -0.507 e. The van der Waals surface area contributed by atoms with Crippen LogP contribution in [0.25, 0.3) is 17.2 Å². The number of hydrogen-bond donors (Lipinski definition) is 1. The lowest BCUT2D eigenvalue weighted by atomic mass is 9.98. The van der Waals surface area contributed by atoms with E-state index in [0.29, 0.717) is 25.9 Å². The molecule has 134 valence electrons. The Balaban J connectivity index is 2.02. The van der Waals surface area contributed by atoms with Gasteiger partial charge in [-0.05, 0) is 35.4 Å². The van der Waals surface area contributed by atoms with E-state index in [-0.39, 0.29) is 17.2 Å². The molecule has 1 N–H and O–H groups in total. The van der Waals surface area contributed by atoms with Crippen LogP contribution in [0, 0.1) is 0 Å². The fourth-order valence-electron chi connectivity index (χ4n) is 2.53. The minimum absolute atomic E-state index is 0.0261. The smallest absolute Gasteiger partial charge is 0.270 e. The van der Waals surface area contributed by atoms with E-state index in [1.807, 2.05) is 0 Å². The molecule has 0 bridgehead atoms. The molecular formula is C19H15F2NO2S2. The average Bonchev–Trinajstić information content (AvgIpc) is 2.83. The third-order valence-electron chi connectivity index (χ3n) is 3.99. The Kier molecular flexibility index (Phi) is 4.86. The van der Waals surface area contributed by atoms with Crippen LogP contribution in [0.4, 0.5) is 8.78 Å². The zero-order chi connectivity index (χ0) is 19.1. The van der Waals surface area contributed by atoms with Crippen LogP contribution in [0.15, 0.2) is 47.4 Å². The van der Waals surface area contributed by atoms with Gasteiger partial charge >= 0.3 is 0 Å². The maximum absolute atomic E-state index is 13.6. The van der Waals surface area contributed by atoms with Crippen molar-refractivity contribution in [1.29, 1.82) is 0 Å². The van der Waals surface area contributed by atoms with Gasteiger partial charge in [-0.3, -0.25) is 9.69 Å². The number of thioether (sulfide) groups is 1. The van der Waals surface area contributed by atoms with Gasteiger partial charge in [-0.25, -0.2) is 8.78 Å². The Hall–Kier alpha value is -2.25. The van der Waals surface area contributed by atoms with Crippen molar-refractivity contribution in [2.24, 2.45) is 0 Å². The van der Waals surface area contributed by atoms with Gasteiger partial charge in [0.25, 0.3) is 11.8 Å². The number of nitrogens with zero attached hydrogens (tertiary/aromatic N) is 1. The normalized spacial score (nSPS) is 16.6. The monoisotopic (exact) mass is 391 g/mol. The number of carbonyl (C=O) groups excluding carboxylic acids is 1. The topological polar surface area (TPSA) is 40.5 Å². The molecule has 0 aromatic heterocycles.